The Morgan fingerprint density at radius 3 is 2.53 bits per heavy atom. The molecule has 0 aliphatic carbocycles. The van der Waals surface area contributed by atoms with Gasteiger partial charge in [0.2, 0.25) is 0 Å². The first kappa shape index (κ1) is 23.1. The lowest BCUT2D eigenvalue weighted by atomic mass is 10.1. The van der Waals surface area contributed by atoms with Gasteiger partial charge in [0.05, 0.1) is 5.56 Å². The van der Waals surface area contributed by atoms with Gasteiger partial charge in [-0.05, 0) is 42.3 Å². The van der Waals surface area contributed by atoms with E-state index in [0.29, 0.717) is 13.0 Å². The zero-order chi connectivity index (χ0) is 25.1. The highest BCUT2D eigenvalue weighted by Gasteiger charge is 2.18. The Hall–Kier alpha value is -4.65. The maximum absolute atomic E-state index is 14.2. The fraction of sp³-hybridized carbons (Fsp3) is 0.103. The fourth-order valence-electron chi connectivity index (χ4n) is 4.38. The van der Waals surface area contributed by atoms with Gasteiger partial charge in [-0.15, -0.1) is 0 Å². The third kappa shape index (κ3) is 4.63. The molecule has 2 amide bonds. The largest absolute Gasteiger partial charge is 0.361 e. The number of rotatable bonds is 7. The zero-order valence-electron chi connectivity index (χ0n) is 19.7. The van der Waals surface area contributed by atoms with E-state index in [1.165, 1.54) is 18.2 Å². The quantitative estimate of drug-likeness (QED) is 0.289. The Balaban J connectivity index is 1.40. The molecule has 0 saturated heterocycles. The summed E-state index contributed by atoms with van der Waals surface area (Å²) in [7, 11) is 1.92. The molecule has 0 radical (unpaired) electrons. The number of aryl methyl sites for hydroxylation is 1. The number of aromatic nitrogens is 2. The van der Waals surface area contributed by atoms with E-state index in [0.717, 1.165) is 32.9 Å². The molecule has 2 aromatic heterocycles. The van der Waals surface area contributed by atoms with Gasteiger partial charge < -0.3 is 20.2 Å². The number of H-pyrrole nitrogens is 1. The molecule has 0 atom stereocenters. The summed E-state index contributed by atoms with van der Waals surface area (Å²) in [6.45, 7) is 0.364. The second-order valence-electron chi connectivity index (χ2n) is 8.57. The highest BCUT2D eigenvalue weighted by Crippen LogP contribution is 2.23. The van der Waals surface area contributed by atoms with Crippen LogP contribution >= 0.6 is 0 Å². The van der Waals surface area contributed by atoms with Crippen LogP contribution in [0.4, 0.5) is 4.39 Å². The maximum atomic E-state index is 14.2. The van der Waals surface area contributed by atoms with Crippen LogP contribution in [-0.2, 0) is 18.3 Å². The van der Waals surface area contributed by atoms with E-state index < -0.39 is 17.6 Å². The summed E-state index contributed by atoms with van der Waals surface area (Å²) in [5.74, 6) is -1.79. The SMILES string of the molecule is Cn1cc(/C=C(\NC(=O)c2ccccc2F)C(=O)NCCc2c[nH]c3ccccc23)c2ccccc21. The van der Waals surface area contributed by atoms with Gasteiger partial charge in [0.15, 0.2) is 0 Å². The molecule has 0 bridgehead atoms. The summed E-state index contributed by atoms with van der Waals surface area (Å²) in [5.41, 5.74) is 3.78. The zero-order valence-corrected chi connectivity index (χ0v) is 19.7. The highest BCUT2D eigenvalue weighted by molar-refractivity contribution is 6.06. The van der Waals surface area contributed by atoms with Crippen LogP contribution in [0.5, 0.6) is 0 Å². The average Bonchev–Trinajstić information content (AvgIpc) is 3.44. The molecular weight excluding hydrogens is 455 g/mol. The van der Waals surface area contributed by atoms with Crippen molar-refractivity contribution in [2.24, 2.45) is 7.05 Å². The number of hydrogen-bond donors (Lipinski definition) is 3. The number of benzene rings is 3. The van der Waals surface area contributed by atoms with Crippen molar-refractivity contribution in [2.45, 2.75) is 6.42 Å². The molecule has 36 heavy (non-hydrogen) atoms. The minimum Gasteiger partial charge on any atom is -0.361 e. The number of nitrogens with one attached hydrogen (secondary N) is 3. The van der Waals surface area contributed by atoms with Gasteiger partial charge in [0.1, 0.15) is 11.5 Å². The molecule has 0 aliphatic rings. The summed E-state index contributed by atoms with van der Waals surface area (Å²) < 4.78 is 16.2. The van der Waals surface area contributed by atoms with Crippen molar-refractivity contribution < 1.29 is 14.0 Å². The molecule has 5 rings (SSSR count). The molecule has 5 aromatic rings. The number of aromatic amines is 1. The van der Waals surface area contributed by atoms with Gasteiger partial charge in [-0.3, -0.25) is 9.59 Å². The Morgan fingerprint density at radius 1 is 0.972 bits per heavy atom. The van der Waals surface area contributed by atoms with Crippen molar-refractivity contribution in [2.75, 3.05) is 6.54 Å². The van der Waals surface area contributed by atoms with E-state index in [9.17, 15) is 14.0 Å². The summed E-state index contributed by atoms with van der Waals surface area (Å²) in [4.78, 5) is 29.3. The normalized spacial score (nSPS) is 11.7. The van der Waals surface area contributed by atoms with Crippen molar-refractivity contribution in [3.63, 3.8) is 0 Å². The van der Waals surface area contributed by atoms with Crippen molar-refractivity contribution in [3.8, 4) is 0 Å². The maximum Gasteiger partial charge on any atom is 0.267 e. The van der Waals surface area contributed by atoms with Crippen LogP contribution in [0.15, 0.2) is 90.9 Å². The van der Waals surface area contributed by atoms with E-state index in [2.05, 4.69) is 15.6 Å². The average molecular weight is 481 g/mol. The monoisotopic (exact) mass is 480 g/mol. The minimum atomic E-state index is -0.689. The van der Waals surface area contributed by atoms with Gasteiger partial charge in [-0.25, -0.2) is 4.39 Å². The highest BCUT2D eigenvalue weighted by atomic mass is 19.1. The smallest absolute Gasteiger partial charge is 0.267 e. The molecule has 0 fully saturated rings. The van der Waals surface area contributed by atoms with Gasteiger partial charge in [-0.1, -0.05) is 48.5 Å². The molecule has 0 saturated carbocycles. The first-order chi connectivity index (χ1) is 17.5. The van der Waals surface area contributed by atoms with Crippen LogP contribution in [0.25, 0.3) is 27.9 Å². The summed E-state index contributed by atoms with van der Waals surface area (Å²) >= 11 is 0. The molecule has 180 valence electrons. The van der Waals surface area contributed by atoms with Crippen molar-refractivity contribution in [3.05, 3.63) is 113 Å². The number of fused-ring (bicyclic) bond motifs is 2. The third-order valence-corrected chi connectivity index (χ3v) is 6.19. The Bertz CT molecular complexity index is 1610. The van der Waals surface area contributed by atoms with Crippen LogP contribution in [0.2, 0.25) is 0 Å². The second-order valence-corrected chi connectivity index (χ2v) is 8.57. The molecule has 3 N–H and O–H groups in total. The lowest BCUT2D eigenvalue weighted by Gasteiger charge is -2.11. The number of carbonyl (C=O) groups excluding carboxylic acids is 2. The third-order valence-electron chi connectivity index (χ3n) is 6.19. The second kappa shape index (κ2) is 9.92. The lowest BCUT2D eigenvalue weighted by molar-refractivity contribution is -0.117. The molecule has 6 nitrogen and oxygen atoms in total. The number of amides is 2. The van der Waals surface area contributed by atoms with Crippen molar-refractivity contribution in [1.82, 2.24) is 20.2 Å². The number of para-hydroxylation sites is 2. The Labute approximate surface area is 207 Å². The van der Waals surface area contributed by atoms with Gasteiger partial charge in [0, 0.05) is 53.4 Å². The van der Waals surface area contributed by atoms with Crippen LogP contribution in [-0.4, -0.2) is 27.9 Å². The predicted octanol–water partition coefficient (Wildman–Crippen LogP) is 4.93. The van der Waals surface area contributed by atoms with E-state index in [1.807, 2.05) is 72.5 Å². The minimum absolute atomic E-state index is 0.0403. The number of nitrogens with zero attached hydrogens (tertiary/aromatic N) is 1. The molecule has 7 heteroatoms. The van der Waals surface area contributed by atoms with Crippen molar-refractivity contribution >= 4 is 39.7 Å². The van der Waals surface area contributed by atoms with E-state index in [1.54, 1.807) is 12.1 Å². The van der Waals surface area contributed by atoms with Crippen LogP contribution in [0.1, 0.15) is 21.5 Å². The first-order valence-corrected chi connectivity index (χ1v) is 11.7. The Morgan fingerprint density at radius 2 is 1.69 bits per heavy atom. The summed E-state index contributed by atoms with van der Waals surface area (Å²) in [5, 5.41) is 7.56. The number of carbonyl (C=O) groups is 2. The Kier molecular flexibility index (Phi) is 6.36. The van der Waals surface area contributed by atoms with E-state index in [4.69, 9.17) is 0 Å². The summed E-state index contributed by atoms with van der Waals surface area (Å²) in [6.07, 6.45) is 6.06. The van der Waals surface area contributed by atoms with Gasteiger partial charge >= 0.3 is 0 Å². The molecule has 3 aromatic carbocycles. The fourth-order valence-corrected chi connectivity index (χ4v) is 4.38. The lowest BCUT2D eigenvalue weighted by Crippen LogP contribution is -2.36. The number of halogens is 1. The van der Waals surface area contributed by atoms with E-state index >= 15 is 0 Å². The topological polar surface area (TPSA) is 78.9 Å². The van der Waals surface area contributed by atoms with Gasteiger partial charge in [-0.2, -0.15) is 0 Å². The molecule has 0 aliphatic heterocycles. The van der Waals surface area contributed by atoms with Crippen LogP contribution < -0.4 is 10.6 Å². The standard InChI is InChI=1S/C29H25FN4O2/c1-34-18-20(22-9-4-7-13-27(22)34)16-26(33-28(35)23-10-2-5-11-24(23)30)29(36)31-15-14-19-17-32-25-12-6-3-8-21(19)25/h2-13,16-18,32H,14-15H2,1H3,(H,31,36)(H,33,35)/b26-16-. The molecule has 0 spiro atoms. The van der Waals surface area contributed by atoms with Crippen LogP contribution in [0.3, 0.4) is 0 Å². The number of hydrogen-bond acceptors (Lipinski definition) is 2. The van der Waals surface area contributed by atoms with Gasteiger partial charge in [0.25, 0.3) is 11.8 Å². The van der Waals surface area contributed by atoms with Crippen LogP contribution in [0, 0.1) is 5.82 Å². The predicted molar refractivity (Wildman–Crippen MR) is 140 cm³/mol. The van der Waals surface area contributed by atoms with E-state index in [-0.39, 0.29) is 11.3 Å². The molecule has 2 heterocycles. The molecular formula is C29H25FN4O2. The first-order valence-electron chi connectivity index (χ1n) is 11.7. The van der Waals surface area contributed by atoms with Crippen molar-refractivity contribution in [1.29, 1.82) is 0 Å². The molecule has 0 unspecified atom stereocenters. The summed E-state index contributed by atoms with van der Waals surface area (Å²) in [6, 6.07) is 21.4.